The molecule has 2 rings (SSSR count). The first-order valence-electron chi connectivity index (χ1n) is 7.35. The zero-order valence-electron chi connectivity index (χ0n) is 13.5. The number of rotatable bonds is 5. The number of hydrogen-bond acceptors (Lipinski definition) is 2. The van der Waals surface area contributed by atoms with Crippen molar-refractivity contribution < 1.29 is 9.18 Å². The van der Waals surface area contributed by atoms with Crippen LogP contribution in [0.1, 0.15) is 16.7 Å². The first kappa shape index (κ1) is 17.4. The van der Waals surface area contributed by atoms with Gasteiger partial charge in [-0.3, -0.25) is 9.69 Å². The van der Waals surface area contributed by atoms with Gasteiger partial charge in [-0.2, -0.15) is 0 Å². The molecule has 2 aromatic rings. The van der Waals surface area contributed by atoms with Crippen LogP contribution < -0.4 is 5.32 Å². The number of carbonyl (C=O) groups excluding carboxylic acids is 1. The minimum absolute atomic E-state index is 0.0977. The fourth-order valence-electron chi connectivity index (χ4n) is 2.32. The average molecular weight is 335 g/mol. The van der Waals surface area contributed by atoms with Crippen molar-refractivity contribution >= 4 is 23.2 Å². The molecular weight excluding hydrogens is 315 g/mol. The van der Waals surface area contributed by atoms with E-state index in [1.807, 2.05) is 44.0 Å². The van der Waals surface area contributed by atoms with Crippen LogP contribution >= 0.6 is 11.6 Å². The van der Waals surface area contributed by atoms with Crippen LogP contribution in [0.15, 0.2) is 36.4 Å². The largest absolute Gasteiger partial charge is 0.325 e. The maximum atomic E-state index is 13.0. The fraction of sp³-hybridized carbons (Fsp3) is 0.278. The van der Waals surface area contributed by atoms with Crippen molar-refractivity contribution in [3.05, 3.63) is 63.9 Å². The molecule has 1 N–H and O–H groups in total. The summed E-state index contributed by atoms with van der Waals surface area (Å²) in [6, 6.07) is 10.1. The molecule has 0 saturated heterocycles. The second-order valence-corrected chi connectivity index (χ2v) is 6.11. The Morgan fingerprint density at radius 2 is 2.00 bits per heavy atom. The van der Waals surface area contributed by atoms with E-state index in [2.05, 4.69) is 5.32 Å². The Morgan fingerprint density at radius 3 is 2.70 bits per heavy atom. The van der Waals surface area contributed by atoms with Gasteiger partial charge in [0.25, 0.3) is 0 Å². The summed E-state index contributed by atoms with van der Waals surface area (Å²) in [6.45, 7) is 4.68. The van der Waals surface area contributed by atoms with E-state index >= 15 is 0 Å². The highest BCUT2D eigenvalue weighted by Gasteiger charge is 2.11. The number of benzene rings is 2. The predicted molar refractivity (Wildman–Crippen MR) is 92.3 cm³/mol. The Morgan fingerprint density at radius 1 is 1.26 bits per heavy atom. The molecule has 0 radical (unpaired) electrons. The van der Waals surface area contributed by atoms with E-state index in [9.17, 15) is 9.18 Å². The van der Waals surface area contributed by atoms with Gasteiger partial charge in [-0.25, -0.2) is 4.39 Å². The number of anilines is 1. The highest BCUT2D eigenvalue weighted by Crippen LogP contribution is 2.19. The summed E-state index contributed by atoms with van der Waals surface area (Å²) in [7, 11) is 1.82. The van der Waals surface area contributed by atoms with Crippen molar-refractivity contribution in [3.8, 4) is 0 Å². The number of nitrogens with zero attached hydrogens (tertiary/aromatic N) is 1. The Hall–Kier alpha value is -1.91. The summed E-state index contributed by atoms with van der Waals surface area (Å²) in [5.41, 5.74) is 3.80. The zero-order chi connectivity index (χ0) is 17.0. The third kappa shape index (κ3) is 4.78. The minimum Gasteiger partial charge on any atom is -0.325 e. The molecule has 0 unspecified atom stereocenters. The third-order valence-corrected chi connectivity index (χ3v) is 4.10. The average Bonchev–Trinajstić information content (AvgIpc) is 2.47. The third-order valence-electron chi connectivity index (χ3n) is 3.75. The molecule has 0 fully saturated rings. The van der Waals surface area contributed by atoms with Gasteiger partial charge < -0.3 is 5.32 Å². The predicted octanol–water partition coefficient (Wildman–Crippen LogP) is 4.17. The molecule has 0 aliphatic heterocycles. The summed E-state index contributed by atoms with van der Waals surface area (Å²) in [6.07, 6.45) is 0. The maximum absolute atomic E-state index is 13.0. The standard InChI is InChI=1S/C18H20ClFN2O/c1-12-5-4-6-17(13(12)2)21-18(23)11-22(3)10-14-7-8-15(20)9-16(14)19/h4-9H,10-11H2,1-3H3,(H,21,23). The van der Waals surface area contributed by atoms with Gasteiger partial charge in [-0.1, -0.05) is 29.8 Å². The number of amides is 1. The first-order valence-corrected chi connectivity index (χ1v) is 7.73. The van der Waals surface area contributed by atoms with Crippen LogP contribution in [0.2, 0.25) is 5.02 Å². The van der Waals surface area contributed by atoms with E-state index in [0.717, 1.165) is 22.4 Å². The maximum Gasteiger partial charge on any atom is 0.238 e. The van der Waals surface area contributed by atoms with Crippen LogP contribution in [0.4, 0.5) is 10.1 Å². The molecule has 122 valence electrons. The van der Waals surface area contributed by atoms with E-state index in [1.165, 1.54) is 12.1 Å². The van der Waals surface area contributed by atoms with E-state index < -0.39 is 0 Å². The molecule has 0 spiro atoms. The molecule has 3 nitrogen and oxygen atoms in total. The monoisotopic (exact) mass is 334 g/mol. The van der Waals surface area contributed by atoms with E-state index in [-0.39, 0.29) is 18.3 Å². The second kappa shape index (κ2) is 7.57. The molecule has 2 aromatic carbocycles. The number of halogens is 2. The second-order valence-electron chi connectivity index (χ2n) is 5.70. The molecule has 1 amide bonds. The summed E-state index contributed by atoms with van der Waals surface area (Å²) < 4.78 is 13.0. The number of carbonyl (C=O) groups is 1. The Balaban J connectivity index is 1.95. The Kier molecular flexibility index (Phi) is 5.74. The van der Waals surface area contributed by atoms with Gasteiger partial charge in [-0.05, 0) is 55.8 Å². The summed E-state index contributed by atoms with van der Waals surface area (Å²) in [5, 5.41) is 3.29. The number of likely N-dealkylation sites (N-methyl/N-ethyl adjacent to an activating group) is 1. The normalized spacial score (nSPS) is 10.9. The molecule has 23 heavy (non-hydrogen) atoms. The van der Waals surface area contributed by atoms with Crippen molar-refractivity contribution in [2.75, 3.05) is 18.9 Å². The lowest BCUT2D eigenvalue weighted by atomic mass is 10.1. The molecule has 0 aliphatic rings. The van der Waals surface area contributed by atoms with Gasteiger partial charge in [0, 0.05) is 17.3 Å². The number of nitrogens with one attached hydrogen (secondary N) is 1. The quantitative estimate of drug-likeness (QED) is 0.890. The van der Waals surface area contributed by atoms with Crippen molar-refractivity contribution in [2.24, 2.45) is 0 Å². The molecule has 5 heteroatoms. The van der Waals surface area contributed by atoms with Crippen molar-refractivity contribution in [1.29, 1.82) is 0 Å². The van der Waals surface area contributed by atoms with Crippen LogP contribution in [0.5, 0.6) is 0 Å². The number of aryl methyl sites for hydroxylation is 1. The van der Waals surface area contributed by atoms with Crippen LogP contribution in [0.25, 0.3) is 0 Å². The molecule has 0 aromatic heterocycles. The van der Waals surface area contributed by atoms with E-state index in [0.29, 0.717) is 11.6 Å². The van der Waals surface area contributed by atoms with Gasteiger partial charge in [-0.15, -0.1) is 0 Å². The Labute approximate surface area is 141 Å². The molecule has 0 aliphatic carbocycles. The van der Waals surface area contributed by atoms with Gasteiger partial charge in [0.1, 0.15) is 5.82 Å². The summed E-state index contributed by atoms with van der Waals surface area (Å²) in [4.78, 5) is 14.0. The first-order chi connectivity index (χ1) is 10.9. The zero-order valence-corrected chi connectivity index (χ0v) is 14.2. The summed E-state index contributed by atoms with van der Waals surface area (Å²) in [5.74, 6) is -0.464. The van der Waals surface area contributed by atoms with E-state index in [4.69, 9.17) is 11.6 Å². The molecule has 0 atom stereocenters. The molecule has 0 heterocycles. The van der Waals surface area contributed by atoms with E-state index in [1.54, 1.807) is 6.07 Å². The molecule has 0 saturated carbocycles. The molecular formula is C18H20ClFN2O. The van der Waals surface area contributed by atoms with Gasteiger partial charge in [0.05, 0.1) is 6.54 Å². The van der Waals surface area contributed by atoms with Crippen molar-refractivity contribution in [2.45, 2.75) is 20.4 Å². The lowest BCUT2D eigenvalue weighted by molar-refractivity contribution is -0.117. The van der Waals surface area contributed by atoms with Gasteiger partial charge in [0.15, 0.2) is 0 Å². The van der Waals surface area contributed by atoms with Crippen LogP contribution in [0, 0.1) is 19.7 Å². The minimum atomic E-state index is -0.367. The van der Waals surface area contributed by atoms with Crippen molar-refractivity contribution in [3.63, 3.8) is 0 Å². The lowest BCUT2D eigenvalue weighted by Gasteiger charge is -2.18. The highest BCUT2D eigenvalue weighted by molar-refractivity contribution is 6.31. The summed E-state index contributed by atoms with van der Waals surface area (Å²) >= 11 is 6.01. The van der Waals surface area contributed by atoms with Gasteiger partial charge in [0.2, 0.25) is 5.91 Å². The smallest absolute Gasteiger partial charge is 0.238 e. The topological polar surface area (TPSA) is 32.3 Å². The number of hydrogen-bond donors (Lipinski definition) is 1. The fourth-order valence-corrected chi connectivity index (χ4v) is 2.54. The highest BCUT2D eigenvalue weighted by atomic mass is 35.5. The molecule has 0 bridgehead atoms. The SMILES string of the molecule is Cc1cccc(NC(=O)CN(C)Cc2ccc(F)cc2Cl)c1C. The van der Waals surface area contributed by atoms with Crippen LogP contribution in [-0.2, 0) is 11.3 Å². The van der Waals surface area contributed by atoms with Crippen molar-refractivity contribution in [1.82, 2.24) is 4.90 Å². The Bertz CT molecular complexity index is 718. The van der Waals surface area contributed by atoms with Gasteiger partial charge >= 0.3 is 0 Å². The lowest BCUT2D eigenvalue weighted by Crippen LogP contribution is -2.30. The van der Waals surface area contributed by atoms with Crippen LogP contribution in [0.3, 0.4) is 0 Å². The van der Waals surface area contributed by atoms with Crippen LogP contribution in [-0.4, -0.2) is 24.4 Å².